The van der Waals surface area contributed by atoms with Crippen LogP contribution >= 0.6 is 0 Å². The van der Waals surface area contributed by atoms with E-state index in [2.05, 4.69) is 31.1 Å². The Bertz CT molecular complexity index is 605. The Morgan fingerprint density at radius 2 is 1.91 bits per heavy atom. The van der Waals surface area contributed by atoms with Gasteiger partial charge in [0.25, 0.3) is 5.91 Å². The third kappa shape index (κ3) is 3.11. The first-order valence-corrected chi connectivity index (χ1v) is 8.28. The van der Waals surface area contributed by atoms with E-state index >= 15 is 0 Å². The number of nitrogens with zero attached hydrogens (tertiary/aromatic N) is 2. The molecule has 2 aliphatic rings. The minimum Gasteiger partial charge on any atom is -0.368 e. The molecule has 3 rings (SSSR count). The highest BCUT2D eigenvalue weighted by atomic mass is 16.2. The lowest BCUT2D eigenvalue weighted by molar-refractivity contribution is -0.121. The van der Waals surface area contributed by atoms with Gasteiger partial charge in [0.15, 0.2) is 0 Å². The highest BCUT2D eigenvalue weighted by Crippen LogP contribution is 2.48. The molecule has 1 aromatic rings. The minimum atomic E-state index is -0.453. The molecule has 1 unspecified atom stereocenters. The molecule has 5 heteroatoms. The van der Waals surface area contributed by atoms with Crippen LogP contribution in [0.3, 0.4) is 0 Å². The highest BCUT2D eigenvalue weighted by molar-refractivity contribution is 5.97. The van der Waals surface area contributed by atoms with Gasteiger partial charge in [-0.2, -0.15) is 0 Å². The van der Waals surface area contributed by atoms with Crippen LogP contribution in [0.15, 0.2) is 24.3 Å². The SMILES string of the molecule is CN(C)CC1(c2ccc(C(=O)N3CCCC3C(N)=O)cc2)CC1. The van der Waals surface area contributed by atoms with Gasteiger partial charge in [0.05, 0.1) is 0 Å². The number of hydrogen-bond acceptors (Lipinski definition) is 3. The number of hydrogen-bond donors (Lipinski definition) is 1. The molecular weight excluding hydrogens is 290 g/mol. The zero-order chi connectivity index (χ0) is 16.6. The molecule has 0 spiro atoms. The van der Waals surface area contributed by atoms with E-state index in [0.717, 1.165) is 13.0 Å². The minimum absolute atomic E-state index is 0.0877. The molecule has 124 valence electrons. The summed E-state index contributed by atoms with van der Waals surface area (Å²) in [6, 6.07) is 7.47. The summed E-state index contributed by atoms with van der Waals surface area (Å²) in [6.45, 7) is 1.65. The maximum atomic E-state index is 12.6. The molecule has 1 aliphatic heterocycles. The molecule has 1 atom stereocenters. The van der Waals surface area contributed by atoms with E-state index in [-0.39, 0.29) is 11.3 Å². The molecule has 23 heavy (non-hydrogen) atoms. The van der Waals surface area contributed by atoms with Crippen LogP contribution in [-0.2, 0) is 10.2 Å². The van der Waals surface area contributed by atoms with Crippen LogP contribution in [0.1, 0.15) is 41.6 Å². The van der Waals surface area contributed by atoms with E-state index in [0.29, 0.717) is 18.5 Å². The van der Waals surface area contributed by atoms with Gasteiger partial charge >= 0.3 is 0 Å². The fourth-order valence-electron chi connectivity index (χ4n) is 3.73. The summed E-state index contributed by atoms with van der Waals surface area (Å²) in [7, 11) is 4.19. The zero-order valence-electron chi connectivity index (χ0n) is 13.9. The number of benzene rings is 1. The van der Waals surface area contributed by atoms with Crippen molar-refractivity contribution >= 4 is 11.8 Å². The van der Waals surface area contributed by atoms with Crippen molar-refractivity contribution < 1.29 is 9.59 Å². The molecule has 2 N–H and O–H groups in total. The Morgan fingerprint density at radius 3 is 2.43 bits per heavy atom. The fourth-order valence-corrected chi connectivity index (χ4v) is 3.73. The average Bonchev–Trinajstić information content (AvgIpc) is 3.11. The second-order valence-corrected chi connectivity index (χ2v) is 7.15. The van der Waals surface area contributed by atoms with Crippen molar-refractivity contribution in [3.05, 3.63) is 35.4 Å². The lowest BCUT2D eigenvalue weighted by Crippen LogP contribution is -2.43. The summed E-state index contributed by atoms with van der Waals surface area (Å²) in [5.74, 6) is -0.495. The lowest BCUT2D eigenvalue weighted by Gasteiger charge is -2.23. The van der Waals surface area contributed by atoms with E-state index in [1.54, 1.807) is 4.90 Å². The van der Waals surface area contributed by atoms with E-state index in [4.69, 9.17) is 5.73 Å². The quantitative estimate of drug-likeness (QED) is 0.892. The van der Waals surface area contributed by atoms with Crippen LogP contribution in [0.5, 0.6) is 0 Å². The normalized spacial score (nSPS) is 22.4. The van der Waals surface area contributed by atoms with Crippen LogP contribution < -0.4 is 5.73 Å². The summed E-state index contributed by atoms with van der Waals surface area (Å²) in [5.41, 5.74) is 7.60. The zero-order valence-corrected chi connectivity index (χ0v) is 13.9. The topological polar surface area (TPSA) is 66.6 Å². The second-order valence-electron chi connectivity index (χ2n) is 7.15. The molecule has 0 radical (unpaired) electrons. The predicted octanol–water partition coefficient (Wildman–Crippen LogP) is 1.37. The van der Waals surface area contributed by atoms with Gasteiger partial charge in [-0.05, 0) is 57.5 Å². The summed E-state index contributed by atoms with van der Waals surface area (Å²) >= 11 is 0. The summed E-state index contributed by atoms with van der Waals surface area (Å²) in [5, 5.41) is 0. The first kappa shape index (κ1) is 16.0. The van der Waals surface area contributed by atoms with Crippen LogP contribution in [0.4, 0.5) is 0 Å². The Hall–Kier alpha value is -1.88. The van der Waals surface area contributed by atoms with E-state index < -0.39 is 11.9 Å². The number of carbonyl (C=O) groups excluding carboxylic acids is 2. The largest absolute Gasteiger partial charge is 0.368 e. The van der Waals surface area contributed by atoms with E-state index in [9.17, 15) is 9.59 Å². The molecule has 1 heterocycles. The summed E-state index contributed by atoms with van der Waals surface area (Å²) in [4.78, 5) is 27.9. The molecule has 1 aromatic carbocycles. The van der Waals surface area contributed by atoms with Gasteiger partial charge in [-0.15, -0.1) is 0 Å². The van der Waals surface area contributed by atoms with Gasteiger partial charge in [0.2, 0.25) is 5.91 Å². The van der Waals surface area contributed by atoms with Gasteiger partial charge < -0.3 is 15.5 Å². The molecular formula is C18H25N3O2. The average molecular weight is 315 g/mol. The van der Waals surface area contributed by atoms with Crippen LogP contribution in [0.2, 0.25) is 0 Å². The van der Waals surface area contributed by atoms with Gasteiger partial charge in [-0.1, -0.05) is 12.1 Å². The molecule has 1 saturated carbocycles. The lowest BCUT2D eigenvalue weighted by atomic mass is 9.94. The maximum Gasteiger partial charge on any atom is 0.254 e. The number of amides is 2. The van der Waals surface area contributed by atoms with Crippen molar-refractivity contribution in [3.8, 4) is 0 Å². The Kier molecular flexibility index (Phi) is 4.15. The number of likely N-dealkylation sites (tertiary alicyclic amines) is 1. The van der Waals surface area contributed by atoms with Gasteiger partial charge in [-0.3, -0.25) is 9.59 Å². The predicted molar refractivity (Wildman–Crippen MR) is 89.2 cm³/mol. The molecule has 0 aromatic heterocycles. The van der Waals surface area contributed by atoms with Crippen molar-refractivity contribution in [3.63, 3.8) is 0 Å². The molecule has 2 amide bonds. The molecule has 1 aliphatic carbocycles. The van der Waals surface area contributed by atoms with Crippen molar-refractivity contribution in [1.29, 1.82) is 0 Å². The number of rotatable bonds is 5. The van der Waals surface area contributed by atoms with Crippen molar-refractivity contribution in [2.75, 3.05) is 27.2 Å². The van der Waals surface area contributed by atoms with Crippen molar-refractivity contribution in [1.82, 2.24) is 9.80 Å². The van der Waals surface area contributed by atoms with Gasteiger partial charge in [0.1, 0.15) is 6.04 Å². The fraction of sp³-hybridized carbons (Fsp3) is 0.556. The monoisotopic (exact) mass is 315 g/mol. The van der Waals surface area contributed by atoms with Crippen LogP contribution in [-0.4, -0.2) is 54.8 Å². The first-order valence-electron chi connectivity index (χ1n) is 8.28. The molecule has 1 saturated heterocycles. The summed E-state index contributed by atoms with van der Waals surface area (Å²) < 4.78 is 0. The third-order valence-corrected chi connectivity index (χ3v) is 5.06. The number of primary amides is 1. The maximum absolute atomic E-state index is 12.6. The first-order chi connectivity index (χ1) is 10.9. The van der Waals surface area contributed by atoms with Gasteiger partial charge in [-0.25, -0.2) is 0 Å². The second kappa shape index (κ2) is 5.96. The Balaban J connectivity index is 1.75. The van der Waals surface area contributed by atoms with Crippen LogP contribution in [0.25, 0.3) is 0 Å². The Morgan fingerprint density at radius 1 is 1.26 bits per heavy atom. The molecule has 0 bridgehead atoms. The van der Waals surface area contributed by atoms with E-state index in [1.165, 1.54) is 18.4 Å². The number of nitrogens with two attached hydrogens (primary N) is 1. The van der Waals surface area contributed by atoms with Gasteiger partial charge in [0, 0.05) is 24.1 Å². The number of carbonyl (C=O) groups is 2. The smallest absolute Gasteiger partial charge is 0.254 e. The van der Waals surface area contributed by atoms with Crippen LogP contribution in [0, 0.1) is 0 Å². The third-order valence-electron chi connectivity index (χ3n) is 5.06. The standard InChI is InChI=1S/C18H25N3O2/c1-20(2)12-18(9-10-18)14-7-5-13(6-8-14)17(23)21-11-3-4-15(21)16(19)22/h5-8,15H,3-4,9-12H2,1-2H3,(H2,19,22). The highest BCUT2D eigenvalue weighted by Gasteiger charge is 2.44. The van der Waals surface area contributed by atoms with Crippen molar-refractivity contribution in [2.45, 2.75) is 37.1 Å². The molecule has 5 nitrogen and oxygen atoms in total. The Labute approximate surface area is 137 Å². The van der Waals surface area contributed by atoms with Crippen molar-refractivity contribution in [2.24, 2.45) is 5.73 Å². The van der Waals surface area contributed by atoms with E-state index in [1.807, 2.05) is 12.1 Å². The summed E-state index contributed by atoms with van der Waals surface area (Å²) in [6.07, 6.45) is 3.91. The molecule has 2 fully saturated rings. The number of likely N-dealkylation sites (N-methyl/N-ethyl adjacent to an activating group) is 1.